The number of benzene rings is 1. The van der Waals surface area contributed by atoms with E-state index in [0.717, 1.165) is 52.4 Å². The predicted molar refractivity (Wildman–Crippen MR) is 110 cm³/mol. The van der Waals surface area contributed by atoms with Gasteiger partial charge >= 0.3 is 5.97 Å². The number of carbonyl (C=O) groups is 2. The Bertz CT molecular complexity index is 1030. The molecule has 10 heteroatoms. The third-order valence-electron chi connectivity index (χ3n) is 4.46. The highest BCUT2D eigenvalue weighted by Gasteiger charge is 2.29. The first-order valence-electron chi connectivity index (χ1n) is 9.05. The topological polar surface area (TPSA) is 92.8 Å². The van der Waals surface area contributed by atoms with E-state index in [-0.39, 0.29) is 12.3 Å². The van der Waals surface area contributed by atoms with Crippen LogP contribution in [0.15, 0.2) is 24.3 Å². The Balaban J connectivity index is 1.84. The molecule has 0 saturated heterocycles. The summed E-state index contributed by atoms with van der Waals surface area (Å²) in [6, 6.07) is 4.81. The van der Waals surface area contributed by atoms with Crippen molar-refractivity contribution in [2.24, 2.45) is 0 Å². The molecule has 0 unspecified atom stereocenters. The second kappa shape index (κ2) is 8.50. The van der Waals surface area contributed by atoms with Gasteiger partial charge in [0.25, 0.3) is 0 Å². The molecule has 3 rings (SSSR count). The van der Waals surface area contributed by atoms with E-state index in [0.29, 0.717) is 10.6 Å². The lowest BCUT2D eigenvalue weighted by Gasteiger charge is -2.21. The van der Waals surface area contributed by atoms with Crippen LogP contribution in [0.25, 0.3) is 0 Å². The van der Waals surface area contributed by atoms with Gasteiger partial charge in [0.15, 0.2) is 0 Å². The molecule has 0 bridgehead atoms. The van der Waals surface area contributed by atoms with E-state index in [2.05, 4.69) is 5.32 Å². The summed E-state index contributed by atoms with van der Waals surface area (Å²) in [4.78, 5) is 26.1. The monoisotopic (exact) mass is 440 g/mol. The zero-order chi connectivity index (χ0) is 21.2. The number of anilines is 2. The molecule has 1 aromatic carbocycles. The second-order valence-electron chi connectivity index (χ2n) is 6.58. The van der Waals surface area contributed by atoms with Crippen molar-refractivity contribution >= 4 is 43.9 Å². The van der Waals surface area contributed by atoms with Gasteiger partial charge in [-0.2, -0.15) is 0 Å². The zero-order valence-corrected chi connectivity index (χ0v) is 17.7. The number of amides is 1. The number of nitrogens with one attached hydrogen (secondary N) is 1. The van der Waals surface area contributed by atoms with Crippen molar-refractivity contribution in [1.29, 1.82) is 0 Å². The molecule has 7 nitrogen and oxygen atoms in total. The van der Waals surface area contributed by atoms with Crippen molar-refractivity contribution in [2.75, 3.05) is 29.0 Å². The summed E-state index contributed by atoms with van der Waals surface area (Å²) in [5.74, 6) is -1.62. The highest BCUT2D eigenvalue weighted by atomic mass is 32.2. The van der Waals surface area contributed by atoms with E-state index in [4.69, 9.17) is 4.74 Å². The minimum absolute atomic E-state index is 0.170. The van der Waals surface area contributed by atoms with Crippen LogP contribution in [-0.2, 0) is 32.4 Å². The van der Waals surface area contributed by atoms with Gasteiger partial charge in [0.2, 0.25) is 15.9 Å². The van der Waals surface area contributed by atoms with E-state index in [1.54, 1.807) is 6.92 Å². The molecule has 0 fully saturated rings. The molecule has 1 N–H and O–H groups in total. The van der Waals surface area contributed by atoms with Gasteiger partial charge in [-0.25, -0.2) is 17.6 Å². The summed E-state index contributed by atoms with van der Waals surface area (Å²) in [5, 5.41) is 3.03. The van der Waals surface area contributed by atoms with E-state index in [9.17, 15) is 22.4 Å². The Morgan fingerprint density at radius 2 is 1.93 bits per heavy atom. The number of hydrogen-bond donors (Lipinski definition) is 1. The van der Waals surface area contributed by atoms with Gasteiger partial charge in [0.05, 0.1) is 24.1 Å². The number of nitrogens with zero attached hydrogens (tertiary/aromatic N) is 1. The molecule has 29 heavy (non-hydrogen) atoms. The molecule has 1 heterocycles. The number of fused-ring (bicyclic) bond motifs is 1. The lowest BCUT2D eigenvalue weighted by atomic mass is 10.1. The van der Waals surface area contributed by atoms with Gasteiger partial charge in [-0.1, -0.05) is 0 Å². The van der Waals surface area contributed by atoms with Gasteiger partial charge in [-0.15, -0.1) is 11.3 Å². The van der Waals surface area contributed by atoms with Crippen LogP contribution in [0, 0.1) is 5.82 Å². The first kappa shape index (κ1) is 21.3. The van der Waals surface area contributed by atoms with Crippen molar-refractivity contribution in [3.63, 3.8) is 0 Å². The summed E-state index contributed by atoms with van der Waals surface area (Å²) in [5.41, 5.74) is 1.41. The molecule has 0 aliphatic heterocycles. The van der Waals surface area contributed by atoms with Gasteiger partial charge in [0.1, 0.15) is 17.4 Å². The first-order chi connectivity index (χ1) is 13.7. The van der Waals surface area contributed by atoms with Crippen molar-refractivity contribution in [1.82, 2.24) is 0 Å². The summed E-state index contributed by atoms with van der Waals surface area (Å²) in [7, 11) is -3.79. The zero-order valence-electron chi connectivity index (χ0n) is 16.0. The molecule has 1 aliphatic carbocycles. The Hall–Kier alpha value is -2.46. The highest BCUT2D eigenvalue weighted by molar-refractivity contribution is 7.92. The molecule has 156 valence electrons. The fraction of sp³-hybridized carbons (Fsp3) is 0.368. The Morgan fingerprint density at radius 3 is 2.55 bits per heavy atom. The van der Waals surface area contributed by atoms with Crippen LogP contribution >= 0.6 is 11.3 Å². The maximum absolute atomic E-state index is 13.2. The maximum Gasteiger partial charge on any atom is 0.341 e. The van der Waals surface area contributed by atoms with E-state index >= 15 is 0 Å². The summed E-state index contributed by atoms with van der Waals surface area (Å²) >= 11 is 1.31. The second-order valence-corrected chi connectivity index (χ2v) is 9.59. The molecule has 0 saturated carbocycles. The van der Waals surface area contributed by atoms with Crippen LogP contribution in [0.1, 0.15) is 34.1 Å². The maximum atomic E-state index is 13.2. The van der Waals surface area contributed by atoms with Gasteiger partial charge in [-0.05, 0) is 56.0 Å². The largest absolute Gasteiger partial charge is 0.462 e. The Morgan fingerprint density at radius 1 is 1.24 bits per heavy atom. The van der Waals surface area contributed by atoms with E-state index in [1.807, 2.05) is 0 Å². The number of rotatable bonds is 7. The van der Waals surface area contributed by atoms with Crippen LogP contribution in [0.2, 0.25) is 0 Å². The SMILES string of the molecule is CCOC(=O)c1c(NC(=O)CN(c2ccc(F)cc2)S(C)(=O)=O)sc2c1CCC2. The van der Waals surface area contributed by atoms with Crippen LogP contribution in [-0.4, -0.2) is 39.7 Å². The normalized spacial score (nSPS) is 13.1. The van der Waals surface area contributed by atoms with Gasteiger partial charge in [-0.3, -0.25) is 9.10 Å². The lowest BCUT2D eigenvalue weighted by molar-refractivity contribution is -0.114. The smallest absolute Gasteiger partial charge is 0.341 e. The fourth-order valence-electron chi connectivity index (χ4n) is 3.22. The molecular weight excluding hydrogens is 419 g/mol. The molecular formula is C19H21FN2O5S2. The summed E-state index contributed by atoms with van der Waals surface area (Å²) in [6.07, 6.45) is 3.47. The van der Waals surface area contributed by atoms with Crippen molar-refractivity contribution < 1.29 is 27.1 Å². The van der Waals surface area contributed by atoms with Crippen molar-refractivity contribution in [2.45, 2.75) is 26.2 Å². The van der Waals surface area contributed by atoms with Crippen molar-refractivity contribution in [3.8, 4) is 0 Å². The fourth-order valence-corrected chi connectivity index (χ4v) is 5.37. The Kier molecular flexibility index (Phi) is 6.23. The predicted octanol–water partition coefficient (Wildman–Crippen LogP) is 2.96. The minimum Gasteiger partial charge on any atom is -0.462 e. The molecule has 1 aromatic heterocycles. The van der Waals surface area contributed by atoms with E-state index in [1.165, 1.54) is 23.5 Å². The Labute approximate surface area is 172 Å². The molecule has 1 amide bonds. The van der Waals surface area contributed by atoms with Gasteiger partial charge < -0.3 is 10.1 Å². The van der Waals surface area contributed by atoms with Crippen LogP contribution in [0.4, 0.5) is 15.1 Å². The molecule has 0 spiro atoms. The third kappa shape index (κ3) is 4.76. The molecule has 2 aromatic rings. The summed E-state index contributed by atoms with van der Waals surface area (Å²) in [6.45, 7) is 1.41. The number of halogens is 1. The highest BCUT2D eigenvalue weighted by Crippen LogP contribution is 2.39. The number of hydrogen-bond acceptors (Lipinski definition) is 6. The average molecular weight is 441 g/mol. The number of esters is 1. The number of ether oxygens (including phenoxy) is 1. The van der Waals surface area contributed by atoms with Crippen LogP contribution < -0.4 is 9.62 Å². The van der Waals surface area contributed by atoms with Crippen molar-refractivity contribution in [3.05, 3.63) is 46.1 Å². The molecule has 0 atom stereocenters. The molecule has 1 aliphatic rings. The third-order valence-corrected chi connectivity index (χ3v) is 6.80. The first-order valence-corrected chi connectivity index (χ1v) is 11.7. The minimum atomic E-state index is -3.79. The quantitative estimate of drug-likeness (QED) is 0.669. The van der Waals surface area contributed by atoms with Gasteiger partial charge in [0, 0.05) is 4.88 Å². The van der Waals surface area contributed by atoms with Crippen LogP contribution in [0.3, 0.4) is 0 Å². The number of carbonyl (C=O) groups excluding carboxylic acids is 2. The summed E-state index contributed by atoms with van der Waals surface area (Å²) < 4.78 is 43.5. The van der Waals surface area contributed by atoms with E-state index < -0.39 is 34.3 Å². The molecule has 0 radical (unpaired) electrons. The standard InChI is InChI=1S/C19H21FN2O5S2/c1-3-27-19(24)17-14-5-4-6-15(14)28-18(17)21-16(23)11-22(29(2,25)26)13-9-7-12(20)8-10-13/h7-10H,3-6,11H2,1-2H3,(H,21,23). The number of thiophene rings is 1. The average Bonchev–Trinajstić information content (AvgIpc) is 3.20. The van der Waals surface area contributed by atoms with Crippen LogP contribution in [0.5, 0.6) is 0 Å². The number of aryl methyl sites for hydroxylation is 1. The number of sulfonamides is 1. The lowest BCUT2D eigenvalue weighted by Crippen LogP contribution is -2.37.